The third kappa shape index (κ3) is 2.37. The maximum absolute atomic E-state index is 13.6. The number of amides is 1. The zero-order chi connectivity index (χ0) is 20.5. The molecule has 0 saturated heterocycles. The van der Waals surface area contributed by atoms with E-state index in [-0.39, 0.29) is 22.6 Å². The molecule has 4 rings (SSSR count). The summed E-state index contributed by atoms with van der Waals surface area (Å²) in [7, 11) is 0. The first-order valence-electron chi connectivity index (χ1n) is 8.66. The lowest BCUT2D eigenvalue weighted by Gasteiger charge is -2.35. The number of alkyl carbamates (subject to hydrolysis) is 1. The van der Waals surface area contributed by atoms with Crippen LogP contribution in [0.15, 0.2) is 40.9 Å². The van der Waals surface area contributed by atoms with Crippen LogP contribution >= 0.6 is 15.9 Å². The minimum absolute atomic E-state index is 0.120. The van der Waals surface area contributed by atoms with Crippen molar-refractivity contribution < 1.29 is 24.2 Å². The van der Waals surface area contributed by atoms with Gasteiger partial charge in [0.2, 0.25) is 11.3 Å². The molecular weight excluding hydrogens is 428 g/mol. The maximum atomic E-state index is 13.6. The highest BCUT2D eigenvalue weighted by Gasteiger charge is 2.72. The number of ketones is 1. The minimum Gasteiger partial charge on any atom is -0.454 e. The van der Waals surface area contributed by atoms with Gasteiger partial charge in [-0.1, -0.05) is 34.1 Å². The molecule has 0 spiro atoms. The molecular formula is C20H19BrN2O5. The van der Waals surface area contributed by atoms with Gasteiger partial charge < -0.3 is 20.3 Å². The number of ether oxygens (including phenoxy) is 2. The molecule has 0 saturated carbocycles. The van der Waals surface area contributed by atoms with Gasteiger partial charge in [0, 0.05) is 21.3 Å². The van der Waals surface area contributed by atoms with Crippen LogP contribution in [0, 0.1) is 0 Å². The predicted molar refractivity (Wildman–Crippen MR) is 105 cm³/mol. The monoisotopic (exact) mass is 446 g/mol. The lowest BCUT2D eigenvalue weighted by Crippen LogP contribution is -2.60. The highest BCUT2D eigenvalue weighted by atomic mass is 79.9. The Balaban J connectivity index is 1.94. The molecule has 1 amide bonds. The summed E-state index contributed by atoms with van der Waals surface area (Å²) in [6.45, 7) is 5.11. The number of rotatable bonds is 1. The number of hydrogen-bond acceptors (Lipinski definition) is 6. The third-order valence-corrected chi connectivity index (χ3v) is 5.32. The molecule has 2 aromatic carbocycles. The highest BCUT2D eigenvalue weighted by molar-refractivity contribution is 9.10. The van der Waals surface area contributed by atoms with E-state index in [1.54, 1.807) is 57.2 Å². The number of Topliss-reactive ketones (excluding diaryl/α,β-unsaturated/α-hetero) is 1. The normalized spacial score (nSPS) is 24.8. The Kier molecular flexibility index (Phi) is 3.83. The van der Waals surface area contributed by atoms with E-state index in [4.69, 9.17) is 15.2 Å². The highest BCUT2D eigenvalue weighted by Crippen LogP contribution is 2.59. The van der Waals surface area contributed by atoms with Crippen LogP contribution in [0.5, 0.6) is 5.75 Å². The van der Waals surface area contributed by atoms with Gasteiger partial charge in [0.1, 0.15) is 11.4 Å². The van der Waals surface area contributed by atoms with Crippen LogP contribution in [0.4, 0.5) is 10.5 Å². The second kappa shape index (κ2) is 5.71. The van der Waals surface area contributed by atoms with Crippen LogP contribution in [-0.2, 0) is 16.1 Å². The van der Waals surface area contributed by atoms with Gasteiger partial charge in [-0.2, -0.15) is 0 Å². The van der Waals surface area contributed by atoms with E-state index >= 15 is 0 Å². The van der Waals surface area contributed by atoms with Gasteiger partial charge in [0.15, 0.2) is 0 Å². The summed E-state index contributed by atoms with van der Waals surface area (Å²) >= 11 is 3.35. The van der Waals surface area contributed by atoms with E-state index in [9.17, 15) is 14.7 Å². The number of carbonyl (C=O) groups excluding carboxylic acids is 2. The molecule has 1 aliphatic carbocycles. The summed E-state index contributed by atoms with van der Waals surface area (Å²) in [6.07, 6.45) is -0.856. The largest absolute Gasteiger partial charge is 0.454 e. The fourth-order valence-electron chi connectivity index (χ4n) is 3.80. The summed E-state index contributed by atoms with van der Waals surface area (Å²) in [5.41, 5.74) is 4.14. The van der Waals surface area contributed by atoms with Crippen LogP contribution in [0.2, 0.25) is 0 Å². The summed E-state index contributed by atoms with van der Waals surface area (Å²) in [4.78, 5) is 26.2. The van der Waals surface area contributed by atoms with E-state index in [1.165, 1.54) is 0 Å². The molecule has 28 heavy (non-hydrogen) atoms. The van der Waals surface area contributed by atoms with Crippen molar-refractivity contribution in [1.82, 2.24) is 5.32 Å². The van der Waals surface area contributed by atoms with Crippen molar-refractivity contribution >= 4 is 33.5 Å². The number of halogens is 1. The fraction of sp³-hybridized carbons (Fsp3) is 0.300. The fourth-order valence-corrected chi connectivity index (χ4v) is 4.14. The molecule has 1 heterocycles. The number of nitrogens with two attached hydrogens (primary N) is 1. The van der Waals surface area contributed by atoms with Crippen molar-refractivity contribution in [3.05, 3.63) is 57.6 Å². The Labute approximate surface area is 169 Å². The molecule has 1 aliphatic heterocycles. The van der Waals surface area contributed by atoms with E-state index in [2.05, 4.69) is 21.2 Å². The molecule has 4 N–H and O–H groups in total. The molecule has 0 fully saturated rings. The van der Waals surface area contributed by atoms with Crippen molar-refractivity contribution in [3.63, 3.8) is 0 Å². The summed E-state index contributed by atoms with van der Waals surface area (Å²) in [5, 5.41) is 14.2. The smallest absolute Gasteiger partial charge is 0.408 e. The summed E-state index contributed by atoms with van der Waals surface area (Å²) < 4.78 is 11.9. The maximum Gasteiger partial charge on any atom is 0.408 e. The quantitative estimate of drug-likeness (QED) is 0.580. The standard InChI is InChI=1S/C20H19BrN2O5/c1-18(2,3)28-17(25)23-19-11-8-7-10(21)9-14(11)27-20(19,26)12-5-4-6-13(22)15(12)16(19)24/h4-9,26H,22H2,1-3H3,(H,23,25). The molecule has 2 atom stereocenters. The Morgan fingerprint density at radius 1 is 1.25 bits per heavy atom. The first-order chi connectivity index (χ1) is 13.0. The Hall–Kier alpha value is -2.58. The van der Waals surface area contributed by atoms with Gasteiger partial charge in [0.05, 0.1) is 5.56 Å². The SMILES string of the molecule is CC(C)(C)OC(=O)NC12C(=O)c3c(N)cccc3C1(O)Oc1cc(Br)ccc12. The van der Waals surface area contributed by atoms with Gasteiger partial charge in [-0.15, -0.1) is 0 Å². The topological polar surface area (TPSA) is 111 Å². The van der Waals surface area contributed by atoms with Crippen molar-refractivity contribution in [2.24, 2.45) is 0 Å². The zero-order valence-corrected chi connectivity index (χ0v) is 17.1. The van der Waals surface area contributed by atoms with Crippen LogP contribution in [-0.4, -0.2) is 22.6 Å². The van der Waals surface area contributed by atoms with Crippen molar-refractivity contribution in [2.75, 3.05) is 5.73 Å². The first kappa shape index (κ1) is 18.8. The second-order valence-corrected chi connectivity index (χ2v) is 8.78. The predicted octanol–water partition coefficient (Wildman–Crippen LogP) is 3.19. The van der Waals surface area contributed by atoms with Crippen LogP contribution in [0.25, 0.3) is 0 Å². The number of nitrogens with one attached hydrogen (secondary N) is 1. The average molecular weight is 447 g/mol. The first-order valence-corrected chi connectivity index (χ1v) is 9.45. The summed E-state index contributed by atoms with van der Waals surface area (Å²) in [5.74, 6) is -2.45. The molecule has 0 bridgehead atoms. The molecule has 0 radical (unpaired) electrons. The lowest BCUT2D eigenvalue weighted by molar-refractivity contribution is -0.170. The second-order valence-electron chi connectivity index (χ2n) is 7.86. The Bertz CT molecular complexity index is 1030. The molecule has 8 heteroatoms. The zero-order valence-electron chi connectivity index (χ0n) is 15.5. The summed E-state index contributed by atoms with van der Waals surface area (Å²) in [6, 6.07) is 9.68. The van der Waals surface area contributed by atoms with Gasteiger partial charge in [-0.3, -0.25) is 10.1 Å². The number of anilines is 1. The van der Waals surface area contributed by atoms with Crippen LogP contribution < -0.4 is 15.8 Å². The van der Waals surface area contributed by atoms with Crippen molar-refractivity contribution in [2.45, 2.75) is 37.7 Å². The van der Waals surface area contributed by atoms with E-state index in [1.807, 2.05) is 0 Å². The Morgan fingerprint density at radius 2 is 1.96 bits per heavy atom. The van der Waals surface area contributed by atoms with Crippen molar-refractivity contribution in [1.29, 1.82) is 0 Å². The van der Waals surface area contributed by atoms with Gasteiger partial charge in [0.25, 0.3) is 5.79 Å². The number of aliphatic hydroxyl groups is 1. The minimum atomic E-state index is -2.16. The molecule has 2 unspecified atom stereocenters. The van der Waals surface area contributed by atoms with E-state index in [0.717, 1.165) is 0 Å². The molecule has 0 aromatic heterocycles. The lowest BCUT2D eigenvalue weighted by atomic mass is 9.83. The van der Waals surface area contributed by atoms with Gasteiger partial charge in [-0.25, -0.2) is 4.79 Å². The third-order valence-electron chi connectivity index (χ3n) is 4.83. The van der Waals surface area contributed by atoms with E-state index < -0.39 is 28.8 Å². The van der Waals surface area contributed by atoms with Crippen LogP contribution in [0.3, 0.4) is 0 Å². The molecule has 2 aromatic rings. The molecule has 2 aliphatic rings. The average Bonchev–Trinajstić information content (AvgIpc) is 2.90. The Morgan fingerprint density at radius 3 is 2.64 bits per heavy atom. The number of hydrogen-bond donors (Lipinski definition) is 3. The van der Waals surface area contributed by atoms with Crippen LogP contribution in [0.1, 0.15) is 42.3 Å². The molecule has 146 valence electrons. The number of benzene rings is 2. The van der Waals surface area contributed by atoms with Gasteiger partial charge in [-0.05, 0) is 39.0 Å². The molecule has 7 nitrogen and oxygen atoms in total. The number of fused-ring (bicyclic) bond motifs is 5. The number of carbonyl (C=O) groups is 2. The van der Waals surface area contributed by atoms with Crippen molar-refractivity contribution in [3.8, 4) is 5.75 Å². The van der Waals surface area contributed by atoms with E-state index in [0.29, 0.717) is 10.0 Å². The van der Waals surface area contributed by atoms with Gasteiger partial charge >= 0.3 is 6.09 Å². The number of nitrogen functional groups attached to an aromatic ring is 1.